The maximum Gasteiger partial charge on any atom is 0.307 e. The van der Waals surface area contributed by atoms with Crippen molar-refractivity contribution in [1.29, 1.82) is 0 Å². The van der Waals surface area contributed by atoms with E-state index in [2.05, 4.69) is 0 Å². The number of methoxy groups -OCH3 is 2. The average Bonchev–Trinajstić information content (AvgIpc) is 2.98. The second-order valence-electron chi connectivity index (χ2n) is 5.26. The van der Waals surface area contributed by atoms with Crippen molar-refractivity contribution in [3.63, 3.8) is 0 Å². The summed E-state index contributed by atoms with van der Waals surface area (Å²) in [6.07, 6.45) is 1.04. The number of carbonyl (C=O) groups is 1. The predicted molar refractivity (Wildman–Crippen MR) is 82.1 cm³/mol. The molecular weight excluding hydrogens is 280 g/mol. The lowest BCUT2D eigenvalue weighted by molar-refractivity contribution is -0.146. The molecule has 0 bridgehead atoms. The molecule has 1 aliphatic rings. The third-order valence-corrected chi connectivity index (χ3v) is 4.08. The molecule has 1 heterocycles. The van der Waals surface area contributed by atoms with E-state index in [4.69, 9.17) is 14.2 Å². The van der Waals surface area contributed by atoms with Gasteiger partial charge in [0.15, 0.2) is 5.60 Å². The van der Waals surface area contributed by atoms with Crippen LogP contribution in [0.15, 0.2) is 48.5 Å². The van der Waals surface area contributed by atoms with Crippen LogP contribution in [-0.2, 0) is 15.1 Å². The molecule has 2 aromatic rings. The number of benzene rings is 2. The topological polar surface area (TPSA) is 44.8 Å². The Morgan fingerprint density at radius 3 is 1.64 bits per heavy atom. The van der Waals surface area contributed by atoms with Gasteiger partial charge in [-0.15, -0.1) is 0 Å². The molecule has 3 rings (SSSR count). The Morgan fingerprint density at radius 2 is 1.32 bits per heavy atom. The maximum absolute atomic E-state index is 11.8. The van der Waals surface area contributed by atoms with E-state index in [9.17, 15) is 4.79 Å². The zero-order valence-electron chi connectivity index (χ0n) is 12.7. The summed E-state index contributed by atoms with van der Waals surface area (Å²) < 4.78 is 16.1. The van der Waals surface area contributed by atoms with Crippen LogP contribution in [-0.4, -0.2) is 20.2 Å². The van der Waals surface area contributed by atoms with Gasteiger partial charge in [0.05, 0.1) is 20.6 Å². The molecule has 4 nitrogen and oxygen atoms in total. The Hall–Kier alpha value is -2.49. The predicted octanol–water partition coefficient (Wildman–Crippen LogP) is 3.28. The van der Waals surface area contributed by atoms with E-state index < -0.39 is 5.60 Å². The van der Waals surface area contributed by atoms with Crippen LogP contribution >= 0.6 is 0 Å². The van der Waals surface area contributed by atoms with Crippen molar-refractivity contribution in [2.24, 2.45) is 0 Å². The Morgan fingerprint density at radius 1 is 0.864 bits per heavy atom. The summed E-state index contributed by atoms with van der Waals surface area (Å²) in [4.78, 5) is 11.8. The maximum atomic E-state index is 11.8. The fraction of sp³-hybridized carbons (Fsp3) is 0.278. The number of hydrogen-bond acceptors (Lipinski definition) is 4. The fourth-order valence-electron chi connectivity index (χ4n) is 2.87. The van der Waals surface area contributed by atoms with Crippen molar-refractivity contribution in [1.82, 2.24) is 0 Å². The van der Waals surface area contributed by atoms with Crippen LogP contribution < -0.4 is 9.47 Å². The van der Waals surface area contributed by atoms with E-state index in [0.29, 0.717) is 12.8 Å². The minimum atomic E-state index is -0.727. The SMILES string of the molecule is COc1ccc(C2(c3ccc(OC)cc3)CCC(=O)O2)cc1. The molecule has 0 spiro atoms. The number of hydrogen-bond donors (Lipinski definition) is 0. The van der Waals surface area contributed by atoms with Gasteiger partial charge < -0.3 is 14.2 Å². The zero-order chi connectivity index (χ0) is 15.6. The van der Waals surface area contributed by atoms with Crippen LogP contribution in [0.2, 0.25) is 0 Å². The quantitative estimate of drug-likeness (QED) is 0.813. The number of ether oxygens (including phenoxy) is 3. The van der Waals surface area contributed by atoms with Gasteiger partial charge in [0, 0.05) is 17.5 Å². The molecule has 2 aromatic carbocycles. The van der Waals surface area contributed by atoms with E-state index in [1.165, 1.54) is 0 Å². The normalized spacial score (nSPS) is 16.2. The molecule has 0 aromatic heterocycles. The summed E-state index contributed by atoms with van der Waals surface area (Å²) in [5, 5.41) is 0. The number of rotatable bonds is 4. The summed E-state index contributed by atoms with van der Waals surface area (Å²) in [7, 11) is 3.26. The van der Waals surface area contributed by atoms with Crippen LogP contribution in [0.1, 0.15) is 24.0 Å². The van der Waals surface area contributed by atoms with Crippen molar-refractivity contribution in [2.75, 3.05) is 14.2 Å². The van der Waals surface area contributed by atoms with Crippen molar-refractivity contribution >= 4 is 5.97 Å². The minimum Gasteiger partial charge on any atom is -0.497 e. The van der Waals surface area contributed by atoms with Crippen LogP contribution in [0.3, 0.4) is 0 Å². The van der Waals surface area contributed by atoms with Gasteiger partial charge in [-0.25, -0.2) is 0 Å². The highest BCUT2D eigenvalue weighted by atomic mass is 16.6. The van der Waals surface area contributed by atoms with Gasteiger partial charge in [0.25, 0.3) is 0 Å². The highest BCUT2D eigenvalue weighted by Gasteiger charge is 2.43. The second kappa shape index (κ2) is 5.72. The van der Waals surface area contributed by atoms with Crippen molar-refractivity contribution < 1.29 is 19.0 Å². The molecule has 0 radical (unpaired) electrons. The van der Waals surface area contributed by atoms with Gasteiger partial charge in [0.1, 0.15) is 11.5 Å². The van der Waals surface area contributed by atoms with Crippen LogP contribution in [0.5, 0.6) is 11.5 Å². The molecule has 1 saturated heterocycles. The van der Waals surface area contributed by atoms with Crippen LogP contribution in [0, 0.1) is 0 Å². The van der Waals surface area contributed by atoms with Crippen molar-refractivity contribution in [3.8, 4) is 11.5 Å². The molecule has 4 heteroatoms. The van der Waals surface area contributed by atoms with E-state index >= 15 is 0 Å². The molecule has 0 aliphatic carbocycles. The second-order valence-corrected chi connectivity index (χ2v) is 5.26. The van der Waals surface area contributed by atoms with Gasteiger partial charge in [0.2, 0.25) is 0 Å². The highest BCUT2D eigenvalue weighted by molar-refractivity contribution is 5.74. The smallest absolute Gasteiger partial charge is 0.307 e. The Labute approximate surface area is 129 Å². The van der Waals surface area contributed by atoms with Crippen molar-refractivity contribution in [3.05, 3.63) is 59.7 Å². The third kappa shape index (κ3) is 2.41. The first kappa shape index (κ1) is 14.4. The first-order chi connectivity index (χ1) is 10.7. The third-order valence-electron chi connectivity index (χ3n) is 4.08. The molecule has 114 valence electrons. The average molecular weight is 298 g/mol. The van der Waals surface area contributed by atoms with Gasteiger partial charge in [-0.1, -0.05) is 24.3 Å². The Balaban J connectivity index is 2.05. The Bertz CT molecular complexity index is 611. The van der Waals surface area contributed by atoms with Crippen molar-refractivity contribution in [2.45, 2.75) is 18.4 Å². The molecule has 1 fully saturated rings. The largest absolute Gasteiger partial charge is 0.497 e. The molecule has 0 unspecified atom stereocenters. The zero-order valence-corrected chi connectivity index (χ0v) is 12.7. The number of cyclic esters (lactones) is 1. The summed E-state index contributed by atoms with van der Waals surface area (Å²) in [6.45, 7) is 0. The van der Waals surface area contributed by atoms with Crippen LogP contribution in [0.4, 0.5) is 0 Å². The summed E-state index contributed by atoms with van der Waals surface area (Å²) in [6, 6.07) is 15.3. The minimum absolute atomic E-state index is 0.174. The summed E-state index contributed by atoms with van der Waals surface area (Å²) in [5.74, 6) is 1.38. The lowest BCUT2D eigenvalue weighted by Crippen LogP contribution is -2.27. The van der Waals surface area contributed by atoms with E-state index in [0.717, 1.165) is 22.6 Å². The number of carbonyl (C=O) groups excluding carboxylic acids is 1. The van der Waals surface area contributed by atoms with Gasteiger partial charge >= 0.3 is 5.97 Å². The van der Waals surface area contributed by atoms with Gasteiger partial charge in [-0.2, -0.15) is 0 Å². The lowest BCUT2D eigenvalue weighted by Gasteiger charge is -2.29. The molecule has 0 atom stereocenters. The number of esters is 1. The fourth-order valence-corrected chi connectivity index (χ4v) is 2.87. The Kier molecular flexibility index (Phi) is 3.75. The molecular formula is C18H18O4. The molecule has 0 saturated carbocycles. The van der Waals surface area contributed by atoms with Gasteiger partial charge in [-0.3, -0.25) is 4.79 Å². The standard InChI is InChI=1S/C18H18O4/c1-20-15-7-3-13(4-8-15)18(12-11-17(19)22-18)14-5-9-16(21-2)10-6-14/h3-10H,11-12H2,1-2H3. The molecule has 0 amide bonds. The summed E-state index contributed by atoms with van der Waals surface area (Å²) in [5.41, 5.74) is 1.17. The molecule has 22 heavy (non-hydrogen) atoms. The van der Waals surface area contributed by atoms with E-state index in [1.807, 2.05) is 48.5 Å². The summed E-state index contributed by atoms with van der Waals surface area (Å²) >= 11 is 0. The first-order valence-corrected chi connectivity index (χ1v) is 7.19. The first-order valence-electron chi connectivity index (χ1n) is 7.19. The van der Waals surface area contributed by atoms with E-state index in [-0.39, 0.29) is 5.97 Å². The monoisotopic (exact) mass is 298 g/mol. The van der Waals surface area contributed by atoms with E-state index in [1.54, 1.807) is 14.2 Å². The lowest BCUT2D eigenvalue weighted by atomic mass is 9.84. The van der Waals surface area contributed by atoms with Crippen LogP contribution in [0.25, 0.3) is 0 Å². The van der Waals surface area contributed by atoms with Gasteiger partial charge in [-0.05, 0) is 24.3 Å². The molecule has 1 aliphatic heterocycles. The highest BCUT2D eigenvalue weighted by Crippen LogP contribution is 2.43. The molecule has 0 N–H and O–H groups in total.